The van der Waals surface area contributed by atoms with Crippen LogP contribution < -0.4 is 10.2 Å². The summed E-state index contributed by atoms with van der Waals surface area (Å²) in [6, 6.07) is 1.27. The Labute approximate surface area is 109 Å². The zero-order chi connectivity index (χ0) is 13.0. The van der Waals surface area contributed by atoms with Crippen LogP contribution in [-0.4, -0.2) is 29.8 Å². The van der Waals surface area contributed by atoms with Crippen molar-refractivity contribution in [3.8, 4) is 0 Å². The molecular formula is C13H24N4O. The van der Waals surface area contributed by atoms with Gasteiger partial charge in [-0.1, -0.05) is 31.8 Å². The van der Waals surface area contributed by atoms with Gasteiger partial charge in [0, 0.05) is 12.6 Å². The zero-order valence-corrected chi connectivity index (χ0v) is 11.6. The van der Waals surface area contributed by atoms with Gasteiger partial charge in [-0.05, 0) is 25.8 Å². The first kappa shape index (κ1) is 13.3. The van der Waals surface area contributed by atoms with Crippen LogP contribution in [0.25, 0.3) is 0 Å². The van der Waals surface area contributed by atoms with Crippen molar-refractivity contribution >= 4 is 6.01 Å². The molecule has 18 heavy (non-hydrogen) atoms. The molecule has 0 unspecified atom stereocenters. The van der Waals surface area contributed by atoms with Gasteiger partial charge >= 0.3 is 6.01 Å². The lowest BCUT2D eigenvalue weighted by atomic mass is 10.1. The molecule has 1 N–H and O–H groups in total. The number of nitrogens with zero attached hydrogens (tertiary/aromatic N) is 3. The second-order valence-electron chi connectivity index (χ2n) is 5.49. The molecule has 0 aromatic carbocycles. The average molecular weight is 252 g/mol. The second kappa shape index (κ2) is 6.18. The van der Waals surface area contributed by atoms with Crippen molar-refractivity contribution in [3.05, 3.63) is 5.89 Å². The fraction of sp³-hybridized carbons (Fsp3) is 0.846. The summed E-state index contributed by atoms with van der Waals surface area (Å²) in [7, 11) is 1.88. The maximum Gasteiger partial charge on any atom is 0.318 e. The molecule has 5 nitrogen and oxygen atoms in total. The van der Waals surface area contributed by atoms with Crippen LogP contribution in [0, 0.1) is 5.92 Å². The minimum atomic E-state index is 0.579. The maximum absolute atomic E-state index is 5.74. The van der Waals surface area contributed by atoms with Crippen molar-refractivity contribution in [3.63, 3.8) is 0 Å². The highest BCUT2D eigenvalue weighted by Gasteiger charge is 2.27. The molecule has 0 aliphatic heterocycles. The van der Waals surface area contributed by atoms with Gasteiger partial charge in [-0.15, -0.1) is 5.10 Å². The number of nitrogens with one attached hydrogen (secondary N) is 1. The normalized spacial score (nSPS) is 16.7. The molecule has 102 valence electrons. The Balaban J connectivity index is 2.10. The van der Waals surface area contributed by atoms with Crippen LogP contribution in [0.4, 0.5) is 6.01 Å². The summed E-state index contributed by atoms with van der Waals surface area (Å²) in [5.41, 5.74) is 0. The minimum Gasteiger partial charge on any atom is -0.407 e. The number of hydrogen-bond donors (Lipinski definition) is 1. The first-order valence-electron chi connectivity index (χ1n) is 6.94. The van der Waals surface area contributed by atoms with E-state index < -0.39 is 0 Å². The first-order chi connectivity index (χ1) is 8.70. The van der Waals surface area contributed by atoms with Gasteiger partial charge in [-0.3, -0.25) is 0 Å². The van der Waals surface area contributed by atoms with Gasteiger partial charge in [0.25, 0.3) is 0 Å². The smallest absolute Gasteiger partial charge is 0.318 e. The van der Waals surface area contributed by atoms with E-state index in [1.165, 1.54) is 25.7 Å². The number of rotatable bonds is 6. The summed E-state index contributed by atoms with van der Waals surface area (Å²) in [5, 5.41) is 11.3. The molecule has 0 amide bonds. The average Bonchev–Trinajstić information content (AvgIpc) is 2.97. The number of anilines is 1. The Morgan fingerprint density at radius 3 is 2.67 bits per heavy atom. The molecule has 1 saturated carbocycles. The van der Waals surface area contributed by atoms with E-state index in [-0.39, 0.29) is 0 Å². The third-order valence-corrected chi connectivity index (χ3v) is 3.36. The summed E-state index contributed by atoms with van der Waals surface area (Å²) >= 11 is 0. The van der Waals surface area contributed by atoms with Crippen molar-refractivity contribution in [2.24, 2.45) is 5.92 Å². The van der Waals surface area contributed by atoms with Crippen LogP contribution in [0.15, 0.2) is 4.42 Å². The van der Waals surface area contributed by atoms with Crippen molar-refractivity contribution in [1.29, 1.82) is 0 Å². The predicted molar refractivity (Wildman–Crippen MR) is 71.5 cm³/mol. The van der Waals surface area contributed by atoms with Gasteiger partial charge in [0.05, 0.1) is 6.54 Å². The Bertz CT molecular complexity index is 358. The molecule has 0 atom stereocenters. The molecule has 1 aromatic heterocycles. The predicted octanol–water partition coefficient (Wildman–Crippen LogP) is 2.19. The Morgan fingerprint density at radius 1 is 1.33 bits per heavy atom. The quantitative estimate of drug-likeness (QED) is 0.841. The van der Waals surface area contributed by atoms with Crippen molar-refractivity contribution in [2.45, 2.75) is 52.1 Å². The zero-order valence-electron chi connectivity index (χ0n) is 11.6. The van der Waals surface area contributed by atoms with Gasteiger partial charge in [0.2, 0.25) is 5.89 Å². The van der Waals surface area contributed by atoms with Crippen LogP contribution in [0.5, 0.6) is 0 Å². The standard InChI is InChI=1S/C13H24N4O/c1-10(2)9-17(11-6-4-5-7-11)13-16-15-12(18-13)8-14-3/h10-11,14H,4-9H2,1-3H3. The second-order valence-corrected chi connectivity index (χ2v) is 5.49. The van der Waals surface area contributed by atoms with Crippen LogP contribution in [-0.2, 0) is 6.54 Å². The van der Waals surface area contributed by atoms with Gasteiger partial charge in [0.15, 0.2) is 0 Å². The van der Waals surface area contributed by atoms with Crippen LogP contribution in [0.1, 0.15) is 45.4 Å². The number of hydrogen-bond acceptors (Lipinski definition) is 5. The Morgan fingerprint density at radius 2 is 2.06 bits per heavy atom. The maximum atomic E-state index is 5.74. The van der Waals surface area contributed by atoms with E-state index in [4.69, 9.17) is 4.42 Å². The molecule has 1 aliphatic carbocycles. The van der Waals surface area contributed by atoms with E-state index in [9.17, 15) is 0 Å². The largest absolute Gasteiger partial charge is 0.407 e. The van der Waals surface area contributed by atoms with E-state index in [1.807, 2.05) is 7.05 Å². The van der Waals surface area contributed by atoms with Gasteiger partial charge < -0.3 is 14.6 Å². The summed E-state index contributed by atoms with van der Waals surface area (Å²) in [6.45, 7) is 6.08. The molecule has 1 heterocycles. The topological polar surface area (TPSA) is 54.2 Å². The lowest BCUT2D eigenvalue weighted by molar-refractivity contribution is 0.435. The molecule has 1 aromatic rings. The van der Waals surface area contributed by atoms with Crippen LogP contribution in [0.3, 0.4) is 0 Å². The molecule has 0 bridgehead atoms. The van der Waals surface area contributed by atoms with Gasteiger partial charge in [0.1, 0.15) is 0 Å². The van der Waals surface area contributed by atoms with E-state index >= 15 is 0 Å². The van der Waals surface area contributed by atoms with E-state index in [0.29, 0.717) is 30.4 Å². The summed E-state index contributed by atoms with van der Waals surface area (Å²) in [5.74, 6) is 1.27. The molecule has 0 spiro atoms. The summed E-state index contributed by atoms with van der Waals surface area (Å²) in [6.07, 6.45) is 5.13. The molecule has 1 fully saturated rings. The Hall–Kier alpha value is -1.10. The molecule has 0 saturated heterocycles. The minimum absolute atomic E-state index is 0.579. The van der Waals surface area contributed by atoms with Gasteiger partial charge in [-0.25, -0.2) is 0 Å². The third kappa shape index (κ3) is 3.22. The van der Waals surface area contributed by atoms with Crippen LogP contribution >= 0.6 is 0 Å². The highest BCUT2D eigenvalue weighted by Crippen LogP contribution is 2.28. The highest BCUT2D eigenvalue weighted by molar-refractivity contribution is 5.27. The number of aromatic nitrogens is 2. The van der Waals surface area contributed by atoms with E-state index in [1.54, 1.807) is 0 Å². The lowest BCUT2D eigenvalue weighted by Gasteiger charge is -2.28. The van der Waals surface area contributed by atoms with Crippen molar-refractivity contribution < 1.29 is 4.42 Å². The van der Waals surface area contributed by atoms with E-state index in [2.05, 4.69) is 34.3 Å². The molecule has 5 heteroatoms. The van der Waals surface area contributed by atoms with Crippen molar-refractivity contribution in [2.75, 3.05) is 18.5 Å². The monoisotopic (exact) mass is 252 g/mol. The fourth-order valence-corrected chi connectivity index (χ4v) is 2.58. The Kier molecular flexibility index (Phi) is 4.58. The SMILES string of the molecule is CNCc1nnc(N(CC(C)C)C2CCCC2)o1. The highest BCUT2D eigenvalue weighted by atomic mass is 16.4. The third-order valence-electron chi connectivity index (χ3n) is 3.36. The first-order valence-corrected chi connectivity index (χ1v) is 6.94. The van der Waals surface area contributed by atoms with Crippen LogP contribution in [0.2, 0.25) is 0 Å². The van der Waals surface area contributed by atoms with E-state index in [0.717, 1.165) is 6.54 Å². The summed E-state index contributed by atoms with van der Waals surface area (Å²) < 4.78 is 5.74. The lowest BCUT2D eigenvalue weighted by Crippen LogP contribution is -2.36. The van der Waals surface area contributed by atoms with Gasteiger partial charge in [-0.2, -0.15) is 0 Å². The molecule has 0 radical (unpaired) electrons. The van der Waals surface area contributed by atoms with Crippen molar-refractivity contribution in [1.82, 2.24) is 15.5 Å². The fourth-order valence-electron chi connectivity index (χ4n) is 2.58. The molecule has 2 rings (SSSR count). The summed E-state index contributed by atoms with van der Waals surface area (Å²) in [4.78, 5) is 2.31. The molecule has 1 aliphatic rings. The molecular weight excluding hydrogens is 228 g/mol.